The number of aliphatic imine (C=N–C) groups is 1. The van der Waals surface area contributed by atoms with Crippen molar-refractivity contribution in [3.63, 3.8) is 0 Å². The molecule has 0 heterocycles. The molecule has 24 heavy (non-hydrogen) atoms. The van der Waals surface area contributed by atoms with Gasteiger partial charge in [-0.25, -0.2) is 0 Å². The van der Waals surface area contributed by atoms with Gasteiger partial charge in [0.05, 0.1) is 6.61 Å². The lowest BCUT2D eigenvalue weighted by atomic mass is 10.1. The van der Waals surface area contributed by atoms with Gasteiger partial charge in [0.15, 0.2) is 5.96 Å². The summed E-state index contributed by atoms with van der Waals surface area (Å²) in [5.74, 6) is 2.39. The van der Waals surface area contributed by atoms with Crippen LogP contribution in [0.4, 0.5) is 0 Å². The largest absolute Gasteiger partial charge is 0.491 e. The number of halogens is 1. The van der Waals surface area contributed by atoms with E-state index in [0.717, 1.165) is 30.2 Å². The molecule has 0 atom stereocenters. The number of hydrogen-bond acceptors (Lipinski definition) is 3. The summed E-state index contributed by atoms with van der Waals surface area (Å²) in [7, 11) is 3.46. The summed E-state index contributed by atoms with van der Waals surface area (Å²) in [4.78, 5) is 4.26. The summed E-state index contributed by atoms with van der Waals surface area (Å²) in [6.07, 6.45) is 1.12. The lowest BCUT2D eigenvalue weighted by Gasteiger charge is -2.16. The van der Waals surface area contributed by atoms with Gasteiger partial charge in [0.25, 0.3) is 0 Å². The third-order valence-electron chi connectivity index (χ3n) is 3.45. The van der Waals surface area contributed by atoms with Gasteiger partial charge in [0.1, 0.15) is 12.4 Å². The molecule has 0 fully saturated rings. The smallest absolute Gasteiger partial charge is 0.191 e. The molecule has 138 valence electrons. The maximum atomic E-state index is 5.81. The molecule has 6 heteroatoms. The number of guanidine groups is 1. The zero-order valence-corrected chi connectivity index (χ0v) is 17.8. The van der Waals surface area contributed by atoms with Crippen LogP contribution in [0.25, 0.3) is 0 Å². The highest BCUT2D eigenvalue weighted by Gasteiger charge is 2.06. The first-order chi connectivity index (χ1) is 11.1. The number of nitrogens with one attached hydrogen (secondary N) is 2. The Morgan fingerprint density at radius 2 is 1.96 bits per heavy atom. The second kappa shape index (κ2) is 13.3. The van der Waals surface area contributed by atoms with E-state index in [1.165, 1.54) is 5.56 Å². The van der Waals surface area contributed by atoms with Crippen molar-refractivity contribution in [1.29, 1.82) is 0 Å². The molecular formula is C18H32IN3O2. The van der Waals surface area contributed by atoms with E-state index in [9.17, 15) is 0 Å². The van der Waals surface area contributed by atoms with Crippen LogP contribution in [-0.4, -0.2) is 39.9 Å². The third kappa shape index (κ3) is 9.32. The van der Waals surface area contributed by atoms with Crippen molar-refractivity contribution in [2.75, 3.05) is 33.9 Å². The fourth-order valence-corrected chi connectivity index (χ4v) is 2.06. The van der Waals surface area contributed by atoms with Crippen LogP contribution >= 0.6 is 24.0 Å². The average molecular weight is 449 g/mol. The Hall–Kier alpha value is -1.02. The first-order valence-corrected chi connectivity index (χ1v) is 8.22. The SMILES string of the molecule is CN=C(NCCC(C)C)NCc1ccc(C)cc1OCCOC.I. The highest BCUT2D eigenvalue weighted by molar-refractivity contribution is 14.0. The summed E-state index contributed by atoms with van der Waals surface area (Å²) >= 11 is 0. The van der Waals surface area contributed by atoms with Crippen molar-refractivity contribution in [1.82, 2.24) is 10.6 Å². The minimum absolute atomic E-state index is 0. The zero-order valence-electron chi connectivity index (χ0n) is 15.5. The molecule has 0 aromatic heterocycles. The standard InChI is InChI=1S/C18H31N3O2.HI/c1-14(2)8-9-20-18(19-4)21-13-16-7-6-15(3)12-17(16)23-11-10-22-5;/h6-7,12,14H,8-11,13H2,1-5H3,(H2,19,20,21);1H. The molecule has 1 aromatic carbocycles. The number of aryl methyl sites for hydroxylation is 1. The van der Waals surface area contributed by atoms with E-state index in [1.54, 1.807) is 14.2 Å². The first kappa shape index (κ1) is 23.0. The van der Waals surface area contributed by atoms with E-state index in [1.807, 2.05) is 0 Å². The number of ether oxygens (including phenoxy) is 2. The molecule has 5 nitrogen and oxygen atoms in total. The Labute approximate surface area is 163 Å². The number of hydrogen-bond donors (Lipinski definition) is 2. The Balaban J connectivity index is 0.00000529. The van der Waals surface area contributed by atoms with Crippen LogP contribution in [0.15, 0.2) is 23.2 Å². The maximum absolute atomic E-state index is 5.81. The predicted octanol–water partition coefficient (Wildman–Crippen LogP) is 3.35. The Kier molecular flexibility index (Phi) is 12.7. The molecule has 1 aromatic rings. The summed E-state index contributed by atoms with van der Waals surface area (Å²) < 4.78 is 10.9. The lowest BCUT2D eigenvalue weighted by molar-refractivity contribution is 0.145. The van der Waals surface area contributed by atoms with Crippen molar-refractivity contribution in [2.24, 2.45) is 10.9 Å². The summed E-state index contributed by atoms with van der Waals surface area (Å²) in [5.41, 5.74) is 2.29. The monoisotopic (exact) mass is 449 g/mol. The van der Waals surface area contributed by atoms with E-state index >= 15 is 0 Å². The number of nitrogens with zero attached hydrogens (tertiary/aromatic N) is 1. The molecular weight excluding hydrogens is 417 g/mol. The van der Waals surface area contributed by atoms with Crippen LogP contribution in [-0.2, 0) is 11.3 Å². The van der Waals surface area contributed by atoms with Crippen molar-refractivity contribution in [2.45, 2.75) is 33.7 Å². The van der Waals surface area contributed by atoms with Crippen LogP contribution in [0.5, 0.6) is 5.75 Å². The van der Waals surface area contributed by atoms with Crippen molar-refractivity contribution in [3.05, 3.63) is 29.3 Å². The van der Waals surface area contributed by atoms with Crippen molar-refractivity contribution in [3.8, 4) is 5.75 Å². The molecule has 0 amide bonds. The normalized spacial score (nSPS) is 11.2. The minimum atomic E-state index is 0. The quantitative estimate of drug-likeness (QED) is 0.263. The van der Waals surface area contributed by atoms with Crippen LogP contribution < -0.4 is 15.4 Å². The highest BCUT2D eigenvalue weighted by Crippen LogP contribution is 2.20. The molecule has 1 rings (SSSR count). The fraction of sp³-hybridized carbons (Fsp3) is 0.611. The van der Waals surface area contributed by atoms with Gasteiger partial charge in [-0.2, -0.15) is 0 Å². The lowest BCUT2D eigenvalue weighted by Crippen LogP contribution is -2.37. The molecule has 0 unspecified atom stereocenters. The van der Waals surface area contributed by atoms with E-state index in [0.29, 0.717) is 25.7 Å². The van der Waals surface area contributed by atoms with Crippen LogP contribution in [0.1, 0.15) is 31.4 Å². The van der Waals surface area contributed by atoms with Crippen molar-refractivity contribution >= 4 is 29.9 Å². The molecule has 0 aliphatic heterocycles. The zero-order chi connectivity index (χ0) is 17.1. The van der Waals surface area contributed by atoms with Gasteiger partial charge in [-0.1, -0.05) is 26.0 Å². The number of rotatable bonds is 9. The van der Waals surface area contributed by atoms with Gasteiger partial charge in [-0.15, -0.1) is 24.0 Å². The molecule has 0 aliphatic carbocycles. The second-order valence-electron chi connectivity index (χ2n) is 5.99. The average Bonchev–Trinajstić information content (AvgIpc) is 2.52. The fourth-order valence-electron chi connectivity index (χ4n) is 2.06. The molecule has 0 spiro atoms. The van der Waals surface area contributed by atoms with E-state index in [-0.39, 0.29) is 24.0 Å². The predicted molar refractivity (Wildman–Crippen MR) is 112 cm³/mol. The molecule has 0 saturated heterocycles. The molecule has 0 bridgehead atoms. The van der Waals surface area contributed by atoms with Gasteiger partial charge in [0, 0.05) is 32.8 Å². The second-order valence-corrected chi connectivity index (χ2v) is 5.99. The Morgan fingerprint density at radius 1 is 1.21 bits per heavy atom. The number of methoxy groups -OCH3 is 1. The third-order valence-corrected chi connectivity index (χ3v) is 3.45. The van der Waals surface area contributed by atoms with Gasteiger partial charge in [-0.05, 0) is 30.9 Å². The van der Waals surface area contributed by atoms with E-state index in [2.05, 4.69) is 54.6 Å². The summed E-state index contributed by atoms with van der Waals surface area (Å²) in [6, 6.07) is 6.24. The Morgan fingerprint density at radius 3 is 2.58 bits per heavy atom. The molecule has 0 saturated carbocycles. The van der Waals surface area contributed by atoms with E-state index < -0.39 is 0 Å². The first-order valence-electron chi connectivity index (χ1n) is 8.22. The summed E-state index contributed by atoms with van der Waals surface area (Å²) in [6.45, 7) is 9.22. The molecule has 0 radical (unpaired) electrons. The Bertz CT molecular complexity index is 493. The number of benzene rings is 1. The minimum Gasteiger partial charge on any atom is -0.491 e. The molecule has 2 N–H and O–H groups in total. The van der Waals surface area contributed by atoms with Gasteiger partial charge < -0.3 is 20.1 Å². The van der Waals surface area contributed by atoms with Gasteiger partial charge in [0.2, 0.25) is 0 Å². The maximum Gasteiger partial charge on any atom is 0.191 e. The van der Waals surface area contributed by atoms with Crippen LogP contribution in [0, 0.1) is 12.8 Å². The van der Waals surface area contributed by atoms with Gasteiger partial charge in [-0.3, -0.25) is 4.99 Å². The van der Waals surface area contributed by atoms with Crippen molar-refractivity contribution < 1.29 is 9.47 Å². The highest BCUT2D eigenvalue weighted by atomic mass is 127. The van der Waals surface area contributed by atoms with Crippen LogP contribution in [0.2, 0.25) is 0 Å². The molecule has 0 aliphatic rings. The summed E-state index contributed by atoms with van der Waals surface area (Å²) in [5, 5.41) is 6.67. The van der Waals surface area contributed by atoms with Crippen LogP contribution in [0.3, 0.4) is 0 Å². The van der Waals surface area contributed by atoms with E-state index in [4.69, 9.17) is 9.47 Å². The topological polar surface area (TPSA) is 54.9 Å². The van der Waals surface area contributed by atoms with Gasteiger partial charge >= 0.3 is 0 Å².